The van der Waals surface area contributed by atoms with Crippen LogP contribution in [0.25, 0.3) is 0 Å². The zero-order valence-electron chi connectivity index (χ0n) is 10.7. The average Bonchev–Trinajstić information content (AvgIpc) is 2.15. The third-order valence-electron chi connectivity index (χ3n) is 2.05. The van der Waals surface area contributed by atoms with Crippen LogP contribution in [0.4, 0.5) is 0 Å². The van der Waals surface area contributed by atoms with Crippen LogP contribution in [-0.4, -0.2) is 22.2 Å². The summed E-state index contributed by atoms with van der Waals surface area (Å²) in [6, 6.07) is 7.38. The standard InChI is InChI=1S/C13H21NOS.ClH/c1-13(2,3)16-8-7-14-10-11-5-4-6-12(15)9-11;/h4-6,9,14-15H,7-8,10H2,1-3H3;1H. The summed E-state index contributed by atoms with van der Waals surface area (Å²) in [5, 5.41) is 12.7. The maximum absolute atomic E-state index is 9.29. The minimum atomic E-state index is 0. The van der Waals surface area contributed by atoms with Crippen molar-refractivity contribution in [3.8, 4) is 5.75 Å². The van der Waals surface area contributed by atoms with Crippen LogP contribution in [0.2, 0.25) is 0 Å². The molecule has 1 aromatic carbocycles. The van der Waals surface area contributed by atoms with E-state index in [-0.39, 0.29) is 12.4 Å². The molecular formula is C13H22ClNOS. The maximum Gasteiger partial charge on any atom is 0.115 e. The van der Waals surface area contributed by atoms with Crippen LogP contribution in [0.5, 0.6) is 5.75 Å². The van der Waals surface area contributed by atoms with Gasteiger partial charge >= 0.3 is 0 Å². The Morgan fingerprint density at radius 1 is 1.29 bits per heavy atom. The van der Waals surface area contributed by atoms with Gasteiger partial charge in [0.15, 0.2) is 0 Å². The highest BCUT2D eigenvalue weighted by molar-refractivity contribution is 8.00. The lowest BCUT2D eigenvalue weighted by molar-refractivity contribution is 0.474. The van der Waals surface area contributed by atoms with E-state index in [2.05, 4.69) is 26.1 Å². The molecule has 0 radical (unpaired) electrons. The molecule has 1 rings (SSSR count). The molecule has 0 aliphatic rings. The first-order valence-electron chi connectivity index (χ1n) is 5.60. The fourth-order valence-electron chi connectivity index (χ4n) is 1.33. The molecule has 0 spiro atoms. The Morgan fingerprint density at radius 2 is 2.00 bits per heavy atom. The Morgan fingerprint density at radius 3 is 2.59 bits per heavy atom. The summed E-state index contributed by atoms with van der Waals surface area (Å²) < 4.78 is 0.340. The number of benzene rings is 1. The van der Waals surface area contributed by atoms with Crippen LogP contribution < -0.4 is 5.32 Å². The molecule has 2 nitrogen and oxygen atoms in total. The molecule has 0 heterocycles. The van der Waals surface area contributed by atoms with Crippen molar-refractivity contribution in [3.63, 3.8) is 0 Å². The Labute approximate surface area is 115 Å². The summed E-state index contributed by atoms with van der Waals surface area (Å²) in [6.07, 6.45) is 0. The fraction of sp³-hybridized carbons (Fsp3) is 0.538. The lowest BCUT2D eigenvalue weighted by Crippen LogP contribution is -2.19. The molecule has 0 aromatic heterocycles. The number of aromatic hydroxyl groups is 1. The van der Waals surface area contributed by atoms with Gasteiger partial charge in [0.2, 0.25) is 0 Å². The minimum absolute atomic E-state index is 0. The third kappa shape index (κ3) is 8.36. The lowest BCUT2D eigenvalue weighted by Gasteiger charge is -2.17. The van der Waals surface area contributed by atoms with Crippen LogP contribution in [0.3, 0.4) is 0 Å². The molecule has 0 amide bonds. The van der Waals surface area contributed by atoms with Gasteiger partial charge in [0.05, 0.1) is 0 Å². The van der Waals surface area contributed by atoms with Crippen LogP contribution >= 0.6 is 24.2 Å². The van der Waals surface area contributed by atoms with E-state index < -0.39 is 0 Å². The topological polar surface area (TPSA) is 32.3 Å². The number of hydrogen-bond acceptors (Lipinski definition) is 3. The molecule has 0 unspecified atom stereocenters. The third-order valence-corrected chi connectivity index (χ3v) is 3.33. The van der Waals surface area contributed by atoms with Crippen molar-refractivity contribution >= 4 is 24.2 Å². The van der Waals surface area contributed by atoms with E-state index in [4.69, 9.17) is 0 Å². The molecule has 0 saturated carbocycles. The fourth-order valence-corrected chi connectivity index (χ4v) is 2.19. The van der Waals surface area contributed by atoms with Crippen LogP contribution in [0.15, 0.2) is 24.3 Å². The molecule has 2 N–H and O–H groups in total. The Hall–Kier alpha value is -0.380. The van der Waals surface area contributed by atoms with E-state index in [1.54, 1.807) is 12.1 Å². The second-order valence-electron chi connectivity index (χ2n) is 4.81. The van der Waals surface area contributed by atoms with E-state index in [0.717, 1.165) is 24.4 Å². The van der Waals surface area contributed by atoms with E-state index in [1.165, 1.54) is 0 Å². The van der Waals surface area contributed by atoms with Crippen molar-refractivity contribution in [3.05, 3.63) is 29.8 Å². The molecule has 0 saturated heterocycles. The minimum Gasteiger partial charge on any atom is -0.508 e. The second-order valence-corrected chi connectivity index (χ2v) is 6.73. The van der Waals surface area contributed by atoms with Gasteiger partial charge in [-0.25, -0.2) is 0 Å². The van der Waals surface area contributed by atoms with Gasteiger partial charge < -0.3 is 10.4 Å². The summed E-state index contributed by atoms with van der Waals surface area (Å²) in [4.78, 5) is 0. The Kier molecular flexibility index (Phi) is 7.68. The predicted molar refractivity (Wildman–Crippen MR) is 79.3 cm³/mol. The first kappa shape index (κ1) is 16.6. The molecule has 0 bridgehead atoms. The summed E-state index contributed by atoms with van der Waals surface area (Å²) in [5.74, 6) is 1.45. The van der Waals surface area contributed by atoms with Gasteiger partial charge in [0.25, 0.3) is 0 Å². The van der Waals surface area contributed by atoms with E-state index in [0.29, 0.717) is 10.5 Å². The smallest absolute Gasteiger partial charge is 0.115 e. The summed E-state index contributed by atoms with van der Waals surface area (Å²) in [6.45, 7) is 8.50. The van der Waals surface area contributed by atoms with Crippen molar-refractivity contribution < 1.29 is 5.11 Å². The van der Waals surface area contributed by atoms with Gasteiger partial charge in [-0.3, -0.25) is 0 Å². The molecular weight excluding hydrogens is 254 g/mol. The van der Waals surface area contributed by atoms with Gasteiger partial charge in [-0.1, -0.05) is 32.9 Å². The van der Waals surface area contributed by atoms with Gasteiger partial charge in [0.1, 0.15) is 5.75 Å². The zero-order valence-corrected chi connectivity index (χ0v) is 12.3. The summed E-state index contributed by atoms with van der Waals surface area (Å²) in [5.41, 5.74) is 1.13. The zero-order chi connectivity index (χ0) is 12.0. The molecule has 98 valence electrons. The van der Waals surface area contributed by atoms with Crippen molar-refractivity contribution in [1.29, 1.82) is 0 Å². The largest absolute Gasteiger partial charge is 0.508 e. The number of halogens is 1. The molecule has 0 aliphatic heterocycles. The first-order chi connectivity index (χ1) is 7.47. The number of phenols is 1. The molecule has 4 heteroatoms. The van der Waals surface area contributed by atoms with Crippen molar-refractivity contribution in [2.24, 2.45) is 0 Å². The normalized spacial score (nSPS) is 11.0. The molecule has 0 atom stereocenters. The van der Waals surface area contributed by atoms with Crippen molar-refractivity contribution in [2.75, 3.05) is 12.3 Å². The van der Waals surface area contributed by atoms with Crippen LogP contribution in [0, 0.1) is 0 Å². The number of nitrogens with one attached hydrogen (secondary N) is 1. The molecule has 17 heavy (non-hydrogen) atoms. The van der Waals surface area contributed by atoms with Gasteiger partial charge in [-0.2, -0.15) is 11.8 Å². The quantitative estimate of drug-likeness (QED) is 0.808. The van der Waals surface area contributed by atoms with E-state index >= 15 is 0 Å². The number of hydrogen-bond donors (Lipinski definition) is 2. The number of thioether (sulfide) groups is 1. The number of rotatable bonds is 5. The monoisotopic (exact) mass is 275 g/mol. The Bertz CT molecular complexity index is 325. The Balaban J connectivity index is 0.00000256. The van der Waals surface area contributed by atoms with Gasteiger partial charge in [0, 0.05) is 23.6 Å². The second kappa shape index (κ2) is 7.85. The maximum atomic E-state index is 9.29. The molecule has 0 fully saturated rings. The highest BCUT2D eigenvalue weighted by atomic mass is 35.5. The SMILES string of the molecule is CC(C)(C)SCCNCc1cccc(O)c1.Cl. The van der Waals surface area contributed by atoms with Crippen molar-refractivity contribution in [2.45, 2.75) is 32.1 Å². The number of phenolic OH excluding ortho intramolecular Hbond substituents is 1. The van der Waals surface area contributed by atoms with Gasteiger partial charge in [-0.05, 0) is 17.7 Å². The molecule has 0 aliphatic carbocycles. The van der Waals surface area contributed by atoms with Crippen LogP contribution in [0.1, 0.15) is 26.3 Å². The lowest BCUT2D eigenvalue weighted by atomic mass is 10.2. The highest BCUT2D eigenvalue weighted by Crippen LogP contribution is 2.22. The highest BCUT2D eigenvalue weighted by Gasteiger charge is 2.08. The molecule has 1 aromatic rings. The van der Waals surface area contributed by atoms with Crippen molar-refractivity contribution in [1.82, 2.24) is 5.32 Å². The van der Waals surface area contributed by atoms with Gasteiger partial charge in [-0.15, -0.1) is 12.4 Å². The average molecular weight is 276 g/mol. The summed E-state index contributed by atoms with van der Waals surface area (Å²) >= 11 is 1.96. The predicted octanol–water partition coefficient (Wildman–Crippen LogP) is 3.44. The van der Waals surface area contributed by atoms with E-state index in [9.17, 15) is 5.11 Å². The van der Waals surface area contributed by atoms with E-state index in [1.807, 2.05) is 23.9 Å². The van der Waals surface area contributed by atoms with Crippen LogP contribution in [-0.2, 0) is 6.54 Å². The summed E-state index contributed by atoms with van der Waals surface area (Å²) in [7, 11) is 0. The first-order valence-corrected chi connectivity index (χ1v) is 6.58.